The van der Waals surface area contributed by atoms with Crippen molar-refractivity contribution in [3.63, 3.8) is 0 Å². The number of hydrogen-bond acceptors (Lipinski definition) is 3. The lowest BCUT2D eigenvalue weighted by Gasteiger charge is -2.46. The highest BCUT2D eigenvalue weighted by Crippen LogP contribution is 2.48. The molecule has 0 aromatic rings. The van der Waals surface area contributed by atoms with Gasteiger partial charge >= 0.3 is 5.97 Å². The minimum absolute atomic E-state index is 0.0778. The molecule has 1 heterocycles. The maximum atomic E-state index is 12.8. The first-order valence-corrected chi connectivity index (χ1v) is 6.84. The summed E-state index contributed by atoms with van der Waals surface area (Å²) in [5.74, 6) is -0.219. The molecule has 0 N–H and O–H groups in total. The Hall–Kier alpha value is -1.12. The van der Waals surface area contributed by atoms with E-state index in [1.807, 2.05) is 32.9 Å². The second-order valence-electron chi connectivity index (χ2n) is 6.05. The van der Waals surface area contributed by atoms with Crippen molar-refractivity contribution >= 4 is 11.8 Å². The molecule has 3 heteroatoms. The average molecular weight is 250 g/mol. The van der Waals surface area contributed by atoms with Crippen molar-refractivity contribution < 1.29 is 14.3 Å². The molecule has 1 saturated carbocycles. The van der Waals surface area contributed by atoms with Gasteiger partial charge in [0.1, 0.15) is 11.5 Å². The van der Waals surface area contributed by atoms with E-state index in [9.17, 15) is 9.59 Å². The van der Waals surface area contributed by atoms with Gasteiger partial charge in [0.15, 0.2) is 5.78 Å². The molecule has 3 nitrogen and oxygen atoms in total. The molecular weight excluding hydrogens is 228 g/mol. The molecule has 0 aromatic heterocycles. The summed E-state index contributed by atoms with van der Waals surface area (Å²) < 4.78 is 5.56. The van der Waals surface area contributed by atoms with Crippen LogP contribution in [-0.4, -0.2) is 17.9 Å². The van der Waals surface area contributed by atoms with Crippen molar-refractivity contribution in [3.8, 4) is 0 Å². The SMILES string of the molecule is CC=C[C@H]1OC(=O)C2(CCCCC2)C(=O)C1(C)C. The van der Waals surface area contributed by atoms with Crippen LogP contribution < -0.4 is 0 Å². The molecule has 0 unspecified atom stereocenters. The second-order valence-corrected chi connectivity index (χ2v) is 6.05. The van der Waals surface area contributed by atoms with Crippen LogP contribution in [0, 0.1) is 10.8 Å². The molecule has 0 amide bonds. The normalized spacial score (nSPS) is 30.7. The first-order valence-electron chi connectivity index (χ1n) is 6.84. The van der Waals surface area contributed by atoms with Gasteiger partial charge in [-0.25, -0.2) is 0 Å². The summed E-state index contributed by atoms with van der Waals surface area (Å²) >= 11 is 0. The Morgan fingerprint density at radius 3 is 2.33 bits per heavy atom. The molecule has 2 rings (SSSR count). The first-order chi connectivity index (χ1) is 8.45. The molecular formula is C15H22O3. The number of ketones is 1. The zero-order valence-corrected chi connectivity index (χ0v) is 11.5. The van der Waals surface area contributed by atoms with Gasteiger partial charge in [0.05, 0.1) is 5.41 Å². The molecule has 18 heavy (non-hydrogen) atoms. The number of carbonyl (C=O) groups excluding carboxylic acids is 2. The van der Waals surface area contributed by atoms with E-state index < -0.39 is 16.9 Å². The highest BCUT2D eigenvalue weighted by atomic mass is 16.5. The van der Waals surface area contributed by atoms with Crippen molar-refractivity contribution in [2.24, 2.45) is 10.8 Å². The summed E-state index contributed by atoms with van der Waals surface area (Å²) in [5.41, 5.74) is -1.46. The molecule has 2 fully saturated rings. The lowest BCUT2D eigenvalue weighted by Crippen LogP contribution is -2.58. The Bertz CT molecular complexity index is 387. The third kappa shape index (κ3) is 1.80. The molecule has 1 aliphatic carbocycles. The summed E-state index contributed by atoms with van der Waals surface area (Å²) in [6.45, 7) is 5.66. The van der Waals surface area contributed by atoms with Gasteiger partial charge in [-0.2, -0.15) is 0 Å². The van der Waals surface area contributed by atoms with Crippen LogP contribution in [0.15, 0.2) is 12.2 Å². The van der Waals surface area contributed by atoms with Crippen LogP contribution in [0.1, 0.15) is 52.9 Å². The maximum absolute atomic E-state index is 12.8. The van der Waals surface area contributed by atoms with Gasteiger partial charge in [-0.05, 0) is 39.7 Å². The van der Waals surface area contributed by atoms with Crippen LogP contribution in [0.4, 0.5) is 0 Å². The topological polar surface area (TPSA) is 43.4 Å². The number of hydrogen-bond donors (Lipinski definition) is 0. The lowest BCUT2D eigenvalue weighted by molar-refractivity contribution is -0.186. The third-order valence-corrected chi connectivity index (χ3v) is 4.43. The highest BCUT2D eigenvalue weighted by Gasteiger charge is 2.59. The summed E-state index contributed by atoms with van der Waals surface area (Å²) in [7, 11) is 0. The fraction of sp³-hybridized carbons (Fsp3) is 0.733. The van der Waals surface area contributed by atoms with Gasteiger partial charge in [-0.15, -0.1) is 0 Å². The average Bonchev–Trinajstić information content (AvgIpc) is 2.36. The van der Waals surface area contributed by atoms with E-state index in [0.717, 1.165) is 19.3 Å². The van der Waals surface area contributed by atoms with E-state index in [1.54, 1.807) is 0 Å². The van der Waals surface area contributed by atoms with E-state index in [1.165, 1.54) is 0 Å². The Kier molecular flexibility index (Phi) is 3.35. The highest BCUT2D eigenvalue weighted by molar-refractivity contribution is 6.08. The maximum Gasteiger partial charge on any atom is 0.320 e. The van der Waals surface area contributed by atoms with E-state index >= 15 is 0 Å². The molecule has 0 aromatic carbocycles. The molecule has 100 valence electrons. The number of rotatable bonds is 1. The van der Waals surface area contributed by atoms with Crippen molar-refractivity contribution in [2.75, 3.05) is 0 Å². The zero-order valence-electron chi connectivity index (χ0n) is 11.5. The van der Waals surface area contributed by atoms with E-state index in [0.29, 0.717) is 12.8 Å². The fourth-order valence-corrected chi connectivity index (χ4v) is 3.26. The Balaban J connectivity index is 2.36. The summed E-state index contributed by atoms with van der Waals surface area (Å²) in [5, 5.41) is 0. The van der Waals surface area contributed by atoms with Gasteiger partial charge in [0.2, 0.25) is 0 Å². The van der Waals surface area contributed by atoms with E-state index in [2.05, 4.69) is 0 Å². The second kappa shape index (κ2) is 4.52. The predicted octanol–water partition coefficient (Wildman–Crippen LogP) is 3.03. The van der Waals surface area contributed by atoms with Gasteiger partial charge in [0.25, 0.3) is 0 Å². The van der Waals surface area contributed by atoms with Crippen LogP contribution in [-0.2, 0) is 14.3 Å². The summed E-state index contributed by atoms with van der Waals surface area (Å²) in [4.78, 5) is 25.1. The Morgan fingerprint density at radius 2 is 1.78 bits per heavy atom. The minimum Gasteiger partial charge on any atom is -0.456 e. The van der Waals surface area contributed by atoms with Crippen LogP contribution in [0.5, 0.6) is 0 Å². The van der Waals surface area contributed by atoms with Crippen LogP contribution in [0.25, 0.3) is 0 Å². The molecule has 1 saturated heterocycles. The van der Waals surface area contributed by atoms with Crippen LogP contribution in [0.3, 0.4) is 0 Å². The standard InChI is InChI=1S/C15H22O3/c1-4-8-11-14(2,3)12(16)15(13(17)18-11)9-6-5-7-10-15/h4,8,11H,5-7,9-10H2,1-3H3/t11-/m1/s1. The number of ether oxygens (including phenoxy) is 1. The number of allylic oxidation sites excluding steroid dienone is 1. The van der Waals surface area contributed by atoms with Gasteiger partial charge < -0.3 is 4.74 Å². The molecule has 0 bridgehead atoms. The van der Waals surface area contributed by atoms with Gasteiger partial charge in [-0.3, -0.25) is 9.59 Å². The largest absolute Gasteiger partial charge is 0.456 e. The lowest BCUT2D eigenvalue weighted by atomic mass is 9.61. The molecule has 0 radical (unpaired) electrons. The smallest absolute Gasteiger partial charge is 0.320 e. The summed E-state index contributed by atoms with van der Waals surface area (Å²) in [6.07, 6.45) is 7.57. The number of cyclic esters (lactones) is 1. The van der Waals surface area contributed by atoms with Crippen molar-refractivity contribution in [3.05, 3.63) is 12.2 Å². The van der Waals surface area contributed by atoms with Crippen molar-refractivity contribution in [1.82, 2.24) is 0 Å². The fourth-order valence-electron chi connectivity index (χ4n) is 3.26. The Labute approximate surface area is 109 Å². The third-order valence-electron chi connectivity index (χ3n) is 4.43. The van der Waals surface area contributed by atoms with Crippen LogP contribution in [0.2, 0.25) is 0 Å². The van der Waals surface area contributed by atoms with E-state index in [4.69, 9.17) is 4.74 Å². The van der Waals surface area contributed by atoms with E-state index in [-0.39, 0.29) is 11.8 Å². The molecule has 1 atom stereocenters. The molecule has 2 aliphatic rings. The number of esters is 1. The van der Waals surface area contributed by atoms with Gasteiger partial charge in [-0.1, -0.05) is 25.3 Å². The van der Waals surface area contributed by atoms with Crippen molar-refractivity contribution in [1.29, 1.82) is 0 Å². The Morgan fingerprint density at radius 1 is 1.17 bits per heavy atom. The quantitative estimate of drug-likeness (QED) is 0.408. The van der Waals surface area contributed by atoms with Gasteiger partial charge in [0, 0.05) is 0 Å². The molecule has 1 aliphatic heterocycles. The van der Waals surface area contributed by atoms with Crippen LogP contribution >= 0.6 is 0 Å². The number of Topliss-reactive ketones (excluding diaryl/α,β-unsaturated/α-hetero) is 1. The monoisotopic (exact) mass is 250 g/mol. The predicted molar refractivity (Wildman–Crippen MR) is 69.0 cm³/mol. The first kappa shape index (κ1) is 13.3. The summed E-state index contributed by atoms with van der Waals surface area (Å²) in [6, 6.07) is 0. The zero-order chi connectivity index (χ0) is 13.4. The number of carbonyl (C=O) groups is 2. The van der Waals surface area contributed by atoms with Crippen molar-refractivity contribution in [2.45, 2.75) is 59.0 Å². The minimum atomic E-state index is -0.847. The molecule has 1 spiro atoms.